The standard InChI is InChI=1S/C21H22N2O2/c24-21(23-14-6-13-22-19-9-2-1-3-10-19)16-25-20-12-11-17-7-4-5-8-18(17)15-20/h1-5,7-12,15,22H,6,13-14,16H2,(H,23,24). The third-order valence-electron chi connectivity index (χ3n) is 3.87. The van der Waals surface area contributed by atoms with Crippen LogP contribution in [-0.4, -0.2) is 25.6 Å². The van der Waals surface area contributed by atoms with Gasteiger partial charge in [0.05, 0.1) is 0 Å². The fourth-order valence-corrected chi connectivity index (χ4v) is 2.56. The van der Waals surface area contributed by atoms with Crippen LogP contribution >= 0.6 is 0 Å². The second-order valence-electron chi connectivity index (χ2n) is 5.79. The lowest BCUT2D eigenvalue weighted by atomic mass is 10.1. The number of carbonyl (C=O) groups excluding carboxylic acids is 1. The highest BCUT2D eigenvalue weighted by atomic mass is 16.5. The average molecular weight is 334 g/mol. The van der Waals surface area contributed by atoms with E-state index in [1.165, 1.54) is 0 Å². The fourth-order valence-electron chi connectivity index (χ4n) is 2.56. The van der Waals surface area contributed by atoms with E-state index >= 15 is 0 Å². The monoisotopic (exact) mass is 334 g/mol. The smallest absolute Gasteiger partial charge is 0.257 e. The zero-order valence-corrected chi connectivity index (χ0v) is 14.1. The van der Waals surface area contributed by atoms with Gasteiger partial charge in [-0.2, -0.15) is 0 Å². The Bertz CT molecular complexity index is 818. The summed E-state index contributed by atoms with van der Waals surface area (Å²) < 4.78 is 5.57. The van der Waals surface area contributed by atoms with Crippen molar-refractivity contribution in [3.8, 4) is 5.75 Å². The quantitative estimate of drug-likeness (QED) is 0.616. The van der Waals surface area contributed by atoms with E-state index in [1.807, 2.05) is 66.7 Å². The molecule has 2 N–H and O–H groups in total. The molecule has 25 heavy (non-hydrogen) atoms. The summed E-state index contributed by atoms with van der Waals surface area (Å²) in [5.74, 6) is 0.604. The summed E-state index contributed by atoms with van der Waals surface area (Å²) in [5.41, 5.74) is 1.09. The van der Waals surface area contributed by atoms with E-state index in [0.29, 0.717) is 12.3 Å². The van der Waals surface area contributed by atoms with Crippen molar-refractivity contribution in [3.05, 3.63) is 72.8 Å². The largest absolute Gasteiger partial charge is 0.484 e. The minimum atomic E-state index is -0.104. The molecule has 0 aliphatic rings. The Morgan fingerprint density at radius 3 is 2.44 bits per heavy atom. The van der Waals surface area contributed by atoms with Crippen molar-refractivity contribution in [2.75, 3.05) is 25.0 Å². The fraction of sp³-hybridized carbons (Fsp3) is 0.190. The number of benzene rings is 3. The van der Waals surface area contributed by atoms with E-state index in [9.17, 15) is 4.79 Å². The van der Waals surface area contributed by atoms with Crippen LogP contribution in [0.5, 0.6) is 5.75 Å². The molecule has 3 rings (SSSR count). The molecule has 0 saturated carbocycles. The maximum absolute atomic E-state index is 11.9. The third-order valence-corrected chi connectivity index (χ3v) is 3.87. The van der Waals surface area contributed by atoms with E-state index in [2.05, 4.69) is 16.7 Å². The number of rotatable bonds is 8. The van der Waals surface area contributed by atoms with Crippen molar-refractivity contribution >= 4 is 22.4 Å². The predicted molar refractivity (Wildman–Crippen MR) is 102 cm³/mol. The number of ether oxygens (including phenoxy) is 1. The van der Waals surface area contributed by atoms with Gasteiger partial charge < -0.3 is 15.4 Å². The first kappa shape index (κ1) is 16.8. The maximum atomic E-state index is 11.9. The predicted octanol–water partition coefficient (Wildman–Crippen LogP) is 3.84. The molecule has 0 heterocycles. The zero-order valence-electron chi connectivity index (χ0n) is 14.1. The van der Waals surface area contributed by atoms with Crippen molar-refractivity contribution in [1.82, 2.24) is 5.32 Å². The number of hydrogen-bond acceptors (Lipinski definition) is 3. The molecule has 128 valence electrons. The normalized spacial score (nSPS) is 10.4. The lowest BCUT2D eigenvalue weighted by Crippen LogP contribution is -2.30. The molecule has 0 spiro atoms. The first-order chi connectivity index (χ1) is 12.3. The lowest BCUT2D eigenvalue weighted by molar-refractivity contribution is -0.123. The van der Waals surface area contributed by atoms with E-state index in [4.69, 9.17) is 4.74 Å². The molecule has 0 bridgehead atoms. The summed E-state index contributed by atoms with van der Waals surface area (Å²) in [7, 11) is 0. The number of hydrogen-bond donors (Lipinski definition) is 2. The molecule has 0 atom stereocenters. The number of carbonyl (C=O) groups is 1. The molecule has 3 aromatic rings. The topological polar surface area (TPSA) is 50.4 Å². The van der Waals surface area contributed by atoms with Crippen molar-refractivity contribution < 1.29 is 9.53 Å². The summed E-state index contributed by atoms with van der Waals surface area (Å²) in [4.78, 5) is 11.9. The van der Waals surface area contributed by atoms with E-state index in [-0.39, 0.29) is 12.5 Å². The highest BCUT2D eigenvalue weighted by Crippen LogP contribution is 2.20. The number of nitrogens with one attached hydrogen (secondary N) is 2. The van der Waals surface area contributed by atoms with Crippen LogP contribution < -0.4 is 15.4 Å². The minimum absolute atomic E-state index is 0.0322. The molecule has 0 radical (unpaired) electrons. The van der Waals surface area contributed by atoms with Gasteiger partial charge in [-0.1, -0.05) is 48.5 Å². The average Bonchev–Trinajstić information content (AvgIpc) is 2.67. The van der Waals surface area contributed by atoms with Crippen LogP contribution in [-0.2, 0) is 4.79 Å². The highest BCUT2D eigenvalue weighted by molar-refractivity contribution is 5.84. The Morgan fingerprint density at radius 2 is 1.60 bits per heavy atom. The van der Waals surface area contributed by atoms with Crippen molar-refractivity contribution in [2.45, 2.75) is 6.42 Å². The molecule has 1 amide bonds. The summed E-state index contributed by atoms with van der Waals surface area (Å²) in [5, 5.41) is 8.44. The van der Waals surface area contributed by atoms with Gasteiger partial charge in [-0.15, -0.1) is 0 Å². The zero-order chi connectivity index (χ0) is 17.3. The molecule has 0 unspecified atom stereocenters. The van der Waals surface area contributed by atoms with Crippen molar-refractivity contribution in [1.29, 1.82) is 0 Å². The molecular weight excluding hydrogens is 312 g/mol. The van der Waals surface area contributed by atoms with Gasteiger partial charge in [0.15, 0.2) is 6.61 Å². The Hall–Kier alpha value is -3.01. The molecule has 0 aliphatic carbocycles. The van der Waals surface area contributed by atoms with Gasteiger partial charge in [0, 0.05) is 18.8 Å². The minimum Gasteiger partial charge on any atom is -0.484 e. The van der Waals surface area contributed by atoms with Crippen LogP contribution in [0.15, 0.2) is 72.8 Å². The van der Waals surface area contributed by atoms with Gasteiger partial charge >= 0.3 is 0 Å². The van der Waals surface area contributed by atoms with Gasteiger partial charge in [-0.3, -0.25) is 4.79 Å². The first-order valence-electron chi connectivity index (χ1n) is 8.48. The van der Waals surface area contributed by atoms with Crippen LogP contribution in [0.2, 0.25) is 0 Å². The Labute approximate surface area is 147 Å². The van der Waals surface area contributed by atoms with Crippen LogP contribution in [0.25, 0.3) is 10.8 Å². The summed E-state index contributed by atoms with van der Waals surface area (Å²) in [6.07, 6.45) is 0.858. The Balaban J connectivity index is 1.34. The molecule has 4 heteroatoms. The Kier molecular flexibility index (Phi) is 5.88. The maximum Gasteiger partial charge on any atom is 0.257 e. The van der Waals surface area contributed by atoms with Crippen LogP contribution in [0.1, 0.15) is 6.42 Å². The van der Waals surface area contributed by atoms with Gasteiger partial charge in [0.25, 0.3) is 5.91 Å². The van der Waals surface area contributed by atoms with Gasteiger partial charge in [0.2, 0.25) is 0 Å². The van der Waals surface area contributed by atoms with E-state index in [0.717, 1.165) is 29.4 Å². The first-order valence-corrected chi connectivity index (χ1v) is 8.48. The molecule has 0 aromatic heterocycles. The van der Waals surface area contributed by atoms with E-state index < -0.39 is 0 Å². The lowest BCUT2D eigenvalue weighted by Gasteiger charge is -2.09. The van der Waals surface area contributed by atoms with Gasteiger partial charge in [0.1, 0.15) is 5.75 Å². The molecular formula is C21H22N2O2. The molecule has 0 saturated heterocycles. The number of amides is 1. The summed E-state index contributed by atoms with van der Waals surface area (Å²) in [6, 6.07) is 23.9. The second-order valence-corrected chi connectivity index (χ2v) is 5.79. The summed E-state index contributed by atoms with van der Waals surface area (Å²) in [6.45, 7) is 1.47. The highest BCUT2D eigenvalue weighted by Gasteiger charge is 2.03. The Morgan fingerprint density at radius 1 is 0.840 bits per heavy atom. The van der Waals surface area contributed by atoms with Crippen LogP contribution in [0.4, 0.5) is 5.69 Å². The van der Waals surface area contributed by atoms with Gasteiger partial charge in [-0.05, 0) is 41.5 Å². The SMILES string of the molecule is O=C(COc1ccc2ccccc2c1)NCCCNc1ccccc1. The van der Waals surface area contributed by atoms with Crippen molar-refractivity contribution in [3.63, 3.8) is 0 Å². The number of para-hydroxylation sites is 1. The second kappa shape index (κ2) is 8.73. The number of fused-ring (bicyclic) bond motifs is 1. The molecule has 3 aromatic carbocycles. The molecule has 0 fully saturated rings. The van der Waals surface area contributed by atoms with E-state index in [1.54, 1.807) is 0 Å². The molecule has 4 nitrogen and oxygen atoms in total. The van der Waals surface area contributed by atoms with Crippen LogP contribution in [0, 0.1) is 0 Å². The number of anilines is 1. The molecule has 0 aliphatic heterocycles. The van der Waals surface area contributed by atoms with Gasteiger partial charge in [-0.25, -0.2) is 0 Å². The third kappa shape index (κ3) is 5.24. The van der Waals surface area contributed by atoms with Crippen molar-refractivity contribution in [2.24, 2.45) is 0 Å². The summed E-state index contributed by atoms with van der Waals surface area (Å²) >= 11 is 0. The van der Waals surface area contributed by atoms with Crippen LogP contribution in [0.3, 0.4) is 0 Å².